The van der Waals surface area contributed by atoms with Gasteiger partial charge < -0.3 is 15.0 Å². The van der Waals surface area contributed by atoms with Crippen molar-refractivity contribution in [3.63, 3.8) is 0 Å². The van der Waals surface area contributed by atoms with Crippen molar-refractivity contribution in [3.05, 3.63) is 40.3 Å². The van der Waals surface area contributed by atoms with E-state index in [1.807, 2.05) is 23.5 Å². The molecule has 1 aliphatic rings. The van der Waals surface area contributed by atoms with Gasteiger partial charge in [0.05, 0.1) is 19.3 Å². The zero-order chi connectivity index (χ0) is 15.5. The van der Waals surface area contributed by atoms with Gasteiger partial charge in [-0.1, -0.05) is 0 Å². The zero-order valence-corrected chi connectivity index (χ0v) is 14.8. The van der Waals surface area contributed by atoms with Crippen molar-refractivity contribution in [2.75, 3.05) is 26.7 Å². The molecule has 23 heavy (non-hydrogen) atoms. The van der Waals surface area contributed by atoms with Gasteiger partial charge in [0.2, 0.25) is 5.91 Å². The summed E-state index contributed by atoms with van der Waals surface area (Å²) in [7, 11) is 3.65. The predicted molar refractivity (Wildman–Crippen MR) is 91.8 cm³/mol. The molecule has 0 spiro atoms. The first-order valence-corrected chi connectivity index (χ1v) is 8.21. The van der Waals surface area contributed by atoms with Crippen LogP contribution in [0.2, 0.25) is 0 Å². The van der Waals surface area contributed by atoms with Crippen molar-refractivity contribution >= 4 is 29.7 Å². The minimum Gasteiger partial charge on any atom is -0.370 e. The summed E-state index contributed by atoms with van der Waals surface area (Å²) >= 11 is 1.65. The van der Waals surface area contributed by atoms with Gasteiger partial charge in [-0.05, 0) is 29.4 Å². The Morgan fingerprint density at radius 2 is 2.39 bits per heavy atom. The number of carbonyl (C=O) groups is 1. The second-order valence-electron chi connectivity index (χ2n) is 5.37. The van der Waals surface area contributed by atoms with E-state index in [0.717, 1.165) is 11.1 Å². The van der Waals surface area contributed by atoms with Gasteiger partial charge in [0.1, 0.15) is 12.1 Å². The molecule has 0 bridgehead atoms. The Hall–Kier alpha value is -1.41. The summed E-state index contributed by atoms with van der Waals surface area (Å²) in [6, 6.07) is 1.69. The second kappa shape index (κ2) is 7.92. The third-order valence-electron chi connectivity index (χ3n) is 3.89. The van der Waals surface area contributed by atoms with E-state index in [1.54, 1.807) is 29.3 Å². The summed E-state index contributed by atoms with van der Waals surface area (Å²) in [6.45, 7) is 1.78. The number of amides is 1. The van der Waals surface area contributed by atoms with Crippen LogP contribution in [0.25, 0.3) is 0 Å². The van der Waals surface area contributed by atoms with Crippen LogP contribution < -0.4 is 5.32 Å². The molecule has 1 amide bonds. The lowest BCUT2D eigenvalue weighted by Gasteiger charge is -2.34. The van der Waals surface area contributed by atoms with Crippen LogP contribution in [0.3, 0.4) is 0 Å². The number of hydrogen-bond donors (Lipinski definition) is 1. The number of halogens is 1. The molecule has 1 aliphatic heterocycles. The summed E-state index contributed by atoms with van der Waals surface area (Å²) in [6.07, 6.45) is 3.57. The van der Waals surface area contributed by atoms with Crippen LogP contribution in [0.1, 0.15) is 23.3 Å². The number of likely N-dealkylation sites (N-methyl/N-ethyl adjacent to an activating group) is 1. The topological polar surface area (TPSA) is 59.4 Å². The first-order chi connectivity index (χ1) is 10.7. The molecule has 0 aliphatic carbocycles. The zero-order valence-electron chi connectivity index (χ0n) is 13.1. The molecular weight excluding hydrogens is 336 g/mol. The molecule has 1 fully saturated rings. The number of aromatic nitrogens is 2. The number of carbonyl (C=O) groups excluding carboxylic acids is 1. The fraction of sp³-hybridized carbons (Fsp3) is 0.467. The molecular formula is C15H21ClN4O2S. The molecule has 2 unspecified atom stereocenters. The van der Waals surface area contributed by atoms with Crippen molar-refractivity contribution in [2.24, 2.45) is 7.05 Å². The first-order valence-electron chi connectivity index (χ1n) is 7.27. The van der Waals surface area contributed by atoms with Crippen LogP contribution >= 0.6 is 23.7 Å². The average molecular weight is 357 g/mol. The maximum absolute atomic E-state index is 12.8. The summed E-state index contributed by atoms with van der Waals surface area (Å²) < 4.78 is 7.51. The molecule has 3 rings (SSSR count). The highest BCUT2D eigenvalue weighted by atomic mass is 35.5. The Morgan fingerprint density at radius 3 is 3.00 bits per heavy atom. The van der Waals surface area contributed by atoms with E-state index in [-0.39, 0.29) is 30.5 Å². The minimum atomic E-state index is -0.366. The summed E-state index contributed by atoms with van der Waals surface area (Å²) in [5, 5.41) is 11.4. The molecule has 2 atom stereocenters. The monoisotopic (exact) mass is 356 g/mol. The lowest BCUT2D eigenvalue weighted by Crippen LogP contribution is -2.46. The summed E-state index contributed by atoms with van der Waals surface area (Å²) in [5.41, 5.74) is 2.03. The molecule has 2 aromatic heterocycles. The smallest absolute Gasteiger partial charge is 0.244 e. The number of ether oxygens (including phenoxy) is 1. The van der Waals surface area contributed by atoms with Gasteiger partial charge in [-0.25, -0.2) is 0 Å². The normalized spacial score (nSPS) is 19.2. The molecule has 0 aromatic carbocycles. The Bertz CT molecular complexity index is 631. The van der Waals surface area contributed by atoms with Gasteiger partial charge in [0.25, 0.3) is 0 Å². The van der Waals surface area contributed by atoms with E-state index in [4.69, 9.17) is 4.74 Å². The number of morpholine rings is 1. The molecule has 0 saturated carbocycles. The van der Waals surface area contributed by atoms with Crippen molar-refractivity contribution in [3.8, 4) is 0 Å². The highest BCUT2D eigenvalue weighted by Crippen LogP contribution is 2.26. The predicted octanol–water partition coefficient (Wildman–Crippen LogP) is 1.76. The van der Waals surface area contributed by atoms with Crippen LogP contribution in [0.4, 0.5) is 0 Å². The Labute approximate surface area is 145 Å². The molecule has 3 heterocycles. The van der Waals surface area contributed by atoms with Crippen LogP contribution in [0, 0.1) is 0 Å². The molecule has 126 valence electrons. The SMILES string of the molecule is CNC(C(=O)N1CCOC(c2ccsc2)C1)c1cnn(C)c1.Cl. The molecule has 0 radical (unpaired) electrons. The van der Waals surface area contributed by atoms with E-state index in [1.165, 1.54) is 0 Å². The van der Waals surface area contributed by atoms with Gasteiger partial charge >= 0.3 is 0 Å². The lowest BCUT2D eigenvalue weighted by atomic mass is 10.1. The summed E-state index contributed by atoms with van der Waals surface area (Å²) in [4.78, 5) is 14.7. The van der Waals surface area contributed by atoms with E-state index < -0.39 is 0 Å². The highest BCUT2D eigenvalue weighted by molar-refractivity contribution is 7.07. The lowest BCUT2D eigenvalue weighted by molar-refractivity contribution is -0.141. The third kappa shape index (κ3) is 3.92. The van der Waals surface area contributed by atoms with Gasteiger partial charge in [0.15, 0.2) is 0 Å². The molecule has 1 N–H and O–H groups in total. The minimum absolute atomic E-state index is 0. The standard InChI is InChI=1S/C15H20N4O2S.ClH/c1-16-14(12-7-17-18(2)8-12)15(20)19-4-5-21-13(9-19)11-3-6-22-10-11;/h3,6-8,10,13-14,16H,4-5,9H2,1-2H3;1H. The number of rotatable bonds is 4. The number of thiophene rings is 1. The first kappa shape index (κ1) is 17.9. The molecule has 2 aromatic rings. The second-order valence-corrected chi connectivity index (χ2v) is 6.15. The van der Waals surface area contributed by atoms with Gasteiger partial charge in [0, 0.05) is 25.4 Å². The third-order valence-corrected chi connectivity index (χ3v) is 4.59. The van der Waals surface area contributed by atoms with Crippen molar-refractivity contribution < 1.29 is 9.53 Å². The largest absolute Gasteiger partial charge is 0.370 e. The van der Waals surface area contributed by atoms with Crippen LogP contribution in [-0.2, 0) is 16.6 Å². The number of hydrogen-bond acceptors (Lipinski definition) is 5. The highest BCUT2D eigenvalue weighted by Gasteiger charge is 2.30. The molecule has 8 heteroatoms. The van der Waals surface area contributed by atoms with E-state index in [2.05, 4.69) is 21.9 Å². The molecule has 6 nitrogen and oxygen atoms in total. The fourth-order valence-electron chi connectivity index (χ4n) is 2.71. The van der Waals surface area contributed by atoms with Crippen LogP contribution in [0.15, 0.2) is 29.2 Å². The molecule has 1 saturated heterocycles. The van der Waals surface area contributed by atoms with E-state index in [0.29, 0.717) is 19.7 Å². The Morgan fingerprint density at radius 1 is 1.57 bits per heavy atom. The quantitative estimate of drug-likeness (QED) is 0.907. The number of aryl methyl sites for hydroxylation is 1. The maximum Gasteiger partial charge on any atom is 0.244 e. The maximum atomic E-state index is 12.8. The van der Waals surface area contributed by atoms with Gasteiger partial charge in [-0.15, -0.1) is 12.4 Å². The van der Waals surface area contributed by atoms with Crippen molar-refractivity contribution in [1.29, 1.82) is 0 Å². The van der Waals surface area contributed by atoms with Crippen LogP contribution in [0.5, 0.6) is 0 Å². The Balaban J connectivity index is 0.00000192. The number of nitrogens with one attached hydrogen (secondary N) is 1. The Kier molecular flexibility index (Phi) is 6.17. The van der Waals surface area contributed by atoms with Crippen LogP contribution in [-0.4, -0.2) is 47.3 Å². The van der Waals surface area contributed by atoms with Gasteiger partial charge in [-0.3, -0.25) is 9.48 Å². The van der Waals surface area contributed by atoms with E-state index in [9.17, 15) is 4.79 Å². The van der Waals surface area contributed by atoms with Gasteiger partial charge in [-0.2, -0.15) is 16.4 Å². The fourth-order valence-corrected chi connectivity index (χ4v) is 3.42. The number of nitrogens with zero attached hydrogens (tertiary/aromatic N) is 3. The summed E-state index contributed by atoms with van der Waals surface area (Å²) in [5.74, 6) is 0.0685. The van der Waals surface area contributed by atoms with Crippen molar-refractivity contribution in [1.82, 2.24) is 20.0 Å². The average Bonchev–Trinajstić information content (AvgIpc) is 3.20. The van der Waals surface area contributed by atoms with Crippen molar-refractivity contribution in [2.45, 2.75) is 12.1 Å². The van der Waals surface area contributed by atoms with E-state index >= 15 is 0 Å².